The summed E-state index contributed by atoms with van der Waals surface area (Å²) in [4.78, 5) is 14.5. The number of piperidine rings is 1. The van der Waals surface area contributed by atoms with Crippen LogP contribution in [0.15, 0.2) is 12.1 Å². The lowest BCUT2D eigenvalue weighted by Crippen LogP contribution is -2.36. The van der Waals surface area contributed by atoms with E-state index >= 15 is 0 Å². The summed E-state index contributed by atoms with van der Waals surface area (Å²) in [5.74, 6) is 0.550. The van der Waals surface area contributed by atoms with E-state index in [1.54, 1.807) is 6.07 Å². The van der Waals surface area contributed by atoms with Gasteiger partial charge >= 0.3 is 5.97 Å². The molecule has 0 radical (unpaired) electrons. The summed E-state index contributed by atoms with van der Waals surface area (Å²) < 4.78 is 10.5. The summed E-state index contributed by atoms with van der Waals surface area (Å²) in [6.07, 6.45) is 2.48. The molecule has 1 atom stereocenters. The maximum Gasteiger partial charge on any atom is 0.342 e. The minimum atomic E-state index is -0.462. The van der Waals surface area contributed by atoms with Crippen LogP contribution in [-0.4, -0.2) is 44.2 Å². The number of carbonyl (C=O) groups is 1. The number of likely N-dealkylation sites (tertiary alicyclic amines) is 1. The Bertz CT molecular complexity index is 536. The van der Waals surface area contributed by atoms with Gasteiger partial charge in [0.2, 0.25) is 0 Å². The quantitative estimate of drug-likeness (QED) is 0.666. The molecule has 0 aromatic heterocycles. The molecule has 1 aliphatic heterocycles. The number of rotatable bonds is 5. The van der Waals surface area contributed by atoms with Crippen molar-refractivity contribution < 1.29 is 14.3 Å². The predicted molar refractivity (Wildman–Crippen MR) is 87.5 cm³/mol. The topological polar surface area (TPSA) is 64.8 Å². The van der Waals surface area contributed by atoms with Gasteiger partial charge in [-0.15, -0.1) is 0 Å². The number of methoxy groups -OCH3 is 1. The van der Waals surface area contributed by atoms with Gasteiger partial charge in [-0.05, 0) is 37.4 Å². The highest BCUT2D eigenvalue weighted by molar-refractivity contribution is 6.31. The second-order valence-electron chi connectivity index (χ2n) is 5.76. The van der Waals surface area contributed by atoms with Gasteiger partial charge in [0.25, 0.3) is 0 Å². The highest BCUT2D eigenvalue weighted by atomic mass is 35.5. The number of hydrogen-bond acceptors (Lipinski definition) is 5. The number of benzene rings is 1. The Labute approximate surface area is 136 Å². The third kappa shape index (κ3) is 4.27. The van der Waals surface area contributed by atoms with E-state index in [0.29, 0.717) is 29.0 Å². The summed E-state index contributed by atoms with van der Waals surface area (Å²) in [5.41, 5.74) is 6.40. The maximum atomic E-state index is 12.2. The van der Waals surface area contributed by atoms with Crippen molar-refractivity contribution in [3.8, 4) is 5.75 Å². The van der Waals surface area contributed by atoms with Crippen LogP contribution in [-0.2, 0) is 4.74 Å². The van der Waals surface area contributed by atoms with Gasteiger partial charge < -0.3 is 15.2 Å². The Morgan fingerprint density at radius 3 is 2.95 bits per heavy atom. The van der Waals surface area contributed by atoms with Crippen molar-refractivity contribution in [2.45, 2.75) is 19.8 Å². The lowest BCUT2D eigenvalue weighted by Gasteiger charge is -2.30. The monoisotopic (exact) mass is 326 g/mol. The summed E-state index contributed by atoms with van der Waals surface area (Å²) in [5, 5.41) is 0.384. The molecule has 6 heteroatoms. The molecule has 0 aliphatic carbocycles. The van der Waals surface area contributed by atoms with Crippen LogP contribution in [0.5, 0.6) is 5.75 Å². The standard InChI is InChI=1S/C16H23ClN2O3/c1-11-4-3-5-19(10-11)6-7-22-16(20)13-8-12(17)9-14(18)15(13)21-2/h8-9,11H,3-7,10,18H2,1-2H3. The Kier molecular flexibility index (Phi) is 5.91. The van der Waals surface area contributed by atoms with Gasteiger partial charge in [-0.3, -0.25) is 4.90 Å². The van der Waals surface area contributed by atoms with Crippen molar-refractivity contribution in [3.05, 3.63) is 22.7 Å². The molecule has 22 heavy (non-hydrogen) atoms. The SMILES string of the molecule is COc1c(N)cc(Cl)cc1C(=O)OCCN1CCCC(C)C1. The number of halogens is 1. The highest BCUT2D eigenvalue weighted by Crippen LogP contribution is 2.30. The zero-order valence-electron chi connectivity index (χ0n) is 13.1. The molecule has 1 heterocycles. The van der Waals surface area contributed by atoms with E-state index in [1.807, 2.05) is 0 Å². The van der Waals surface area contributed by atoms with Crippen molar-refractivity contribution in [1.29, 1.82) is 0 Å². The second-order valence-corrected chi connectivity index (χ2v) is 6.20. The van der Waals surface area contributed by atoms with E-state index in [0.717, 1.165) is 19.6 Å². The number of nitrogen functional groups attached to an aromatic ring is 1. The van der Waals surface area contributed by atoms with Gasteiger partial charge in [0.05, 0.1) is 12.8 Å². The average Bonchev–Trinajstić information content (AvgIpc) is 2.46. The van der Waals surface area contributed by atoms with Crippen LogP contribution in [0.3, 0.4) is 0 Å². The number of nitrogens with zero attached hydrogens (tertiary/aromatic N) is 1. The molecule has 1 fully saturated rings. The molecule has 2 N–H and O–H groups in total. The second kappa shape index (κ2) is 7.70. The van der Waals surface area contributed by atoms with E-state index in [9.17, 15) is 4.79 Å². The lowest BCUT2D eigenvalue weighted by molar-refractivity contribution is 0.0435. The van der Waals surface area contributed by atoms with Crippen LogP contribution in [0.1, 0.15) is 30.1 Å². The largest absolute Gasteiger partial charge is 0.494 e. The molecule has 1 aliphatic rings. The zero-order valence-corrected chi connectivity index (χ0v) is 13.9. The van der Waals surface area contributed by atoms with Crippen LogP contribution < -0.4 is 10.5 Å². The first-order valence-corrected chi connectivity index (χ1v) is 7.91. The number of anilines is 1. The van der Waals surface area contributed by atoms with E-state index < -0.39 is 5.97 Å². The van der Waals surface area contributed by atoms with Crippen LogP contribution in [0, 0.1) is 5.92 Å². The number of ether oxygens (including phenoxy) is 2. The number of carbonyl (C=O) groups excluding carboxylic acids is 1. The molecule has 0 saturated carbocycles. The third-order valence-electron chi connectivity index (χ3n) is 3.89. The number of hydrogen-bond donors (Lipinski definition) is 1. The smallest absolute Gasteiger partial charge is 0.342 e. The van der Waals surface area contributed by atoms with Crippen molar-refractivity contribution in [3.63, 3.8) is 0 Å². The molecule has 5 nitrogen and oxygen atoms in total. The fourth-order valence-electron chi connectivity index (χ4n) is 2.83. The van der Waals surface area contributed by atoms with E-state index in [4.69, 9.17) is 26.8 Å². The summed E-state index contributed by atoms with van der Waals surface area (Å²) in [7, 11) is 1.46. The first kappa shape index (κ1) is 16.9. The maximum absolute atomic E-state index is 12.2. The molecule has 0 spiro atoms. The zero-order chi connectivity index (χ0) is 16.1. The summed E-state index contributed by atoms with van der Waals surface area (Å²) >= 11 is 5.94. The number of esters is 1. The normalized spacial score (nSPS) is 19.0. The Morgan fingerprint density at radius 2 is 2.27 bits per heavy atom. The molecule has 2 rings (SSSR count). The predicted octanol–water partition coefficient (Wildman–Crippen LogP) is 2.82. The van der Waals surface area contributed by atoms with Gasteiger partial charge in [0.1, 0.15) is 12.2 Å². The number of nitrogens with two attached hydrogens (primary N) is 1. The van der Waals surface area contributed by atoms with Crippen molar-refractivity contribution >= 4 is 23.3 Å². The van der Waals surface area contributed by atoms with Gasteiger partial charge in [-0.1, -0.05) is 18.5 Å². The van der Waals surface area contributed by atoms with Crippen molar-refractivity contribution in [1.82, 2.24) is 4.90 Å². The molecule has 122 valence electrons. The molecule has 1 unspecified atom stereocenters. The Balaban J connectivity index is 1.92. The molecular formula is C16H23ClN2O3. The van der Waals surface area contributed by atoms with Gasteiger partial charge in [0.15, 0.2) is 5.75 Å². The molecule has 1 aromatic rings. The van der Waals surface area contributed by atoms with Crippen LogP contribution in [0.2, 0.25) is 5.02 Å². The Hall–Kier alpha value is -1.46. The molecule has 0 bridgehead atoms. The minimum absolute atomic E-state index is 0.263. The first-order valence-electron chi connectivity index (χ1n) is 7.53. The summed E-state index contributed by atoms with van der Waals surface area (Å²) in [6, 6.07) is 3.06. The van der Waals surface area contributed by atoms with Gasteiger partial charge in [0, 0.05) is 18.1 Å². The van der Waals surface area contributed by atoms with Crippen LogP contribution >= 0.6 is 11.6 Å². The summed E-state index contributed by atoms with van der Waals surface area (Å²) in [6.45, 7) is 5.47. The average molecular weight is 327 g/mol. The lowest BCUT2D eigenvalue weighted by atomic mass is 10.0. The van der Waals surface area contributed by atoms with E-state index in [2.05, 4.69) is 11.8 Å². The van der Waals surface area contributed by atoms with Crippen molar-refractivity contribution in [2.24, 2.45) is 5.92 Å². The highest BCUT2D eigenvalue weighted by Gasteiger charge is 2.19. The third-order valence-corrected chi connectivity index (χ3v) is 4.11. The molecule has 0 amide bonds. The van der Waals surface area contributed by atoms with E-state index in [1.165, 1.54) is 26.0 Å². The fraction of sp³-hybridized carbons (Fsp3) is 0.562. The first-order chi connectivity index (χ1) is 10.5. The molecular weight excluding hydrogens is 304 g/mol. The van der Waals surface area contributed by atoms with Crippen LogP contribution in [0.25, 0.3) is 0 Å². The van der Waals surface area contributed by atoms with Crippen molar-refractivity contribution in [2.75, 3.05) is 39.1 Å². The van der Waals surface area contributed by atoms with Crippen LogP contribution in [0.4, 0.5) is 5.69 Å². The van der Waals surface area contributed by atoms with E-state index in [-0.39, 0.29) is 5.56 Å². The van der Waals surface area contributed by atoms with Gasteiger partial charge in [-0.2, -0.15) is 0 Å². The Morgan fingerprint density at radius 1 is 1.50 bits per heavy atom. The fourth-order valence-corrected chi connectivity index (χ4v) is 3.06. The minimum Gasteiger partial charge on any atom is -0.494 e. The van der Waals surface area contributed by atoms with Gasteiger partial charge in [-0.25, -0.2) is 4.79 Å². The molecule has 1 aromatic carbocycles. The molecule has 1 saturated heterocycles.